The average molecular weight is 443 g/mol. The maximum absolute atomic E-state index is 12.4. The minimum atomic E-state index is -0.138. The van der Waals surface area contributed by atoms with Crippen molar-refractivity contribution < 1.29 is 4.79 Å². The van der Waals surface area contributed by atoms with E-state index < -0.39 is 0 Å². The smallest absolute Gasteiger partial charge is 0.319 e. The highest BCUT2D eigenvalue weighted by molar-refractivity contribution is 5.97. The van der Waals surface area contributed by atoms with Gasteiger partial charge in [0.05, 0.1) is 0 Å². The van der Waals surface area contributed by atoms with E-state index in [2.05, 4.69) is 69.2 Å². The minimum absolute atomic E-state index is 0.138. The molecule has 5 heteroatoms. The van der Waals surface area contributed by atoms with Crippen molar-refractivity contribution >= 4 is 28.2 Å². The van der Waals surface area contributed by atoms with E-state index in [0.717, 1.165) is 43.4 Å². The lowest BCUT2D eigenvalue weighted by Crippen LogP contribution is -2.41. The Kier molecular flexibility index (Phi) is 6.77. The maximum Gasteiger partial charge on any atom is 0.319 e. The number of urea groups is 1. The van der Waals surface area contributed by atoms with Gasteiger partial charge in [0.15, 0.2) is 0 Å². The third-order valence-electron chi connectivity index (χ3n) is 7.08. The molecule has 3 heterocycles. The number of unbranched alkanes of at least 4 members (excludes halogenated alkanes) is 1. The van der Waals surface area contributed by atoms with Gasteiger partial charge in [-0.2, -0.15) is 0 Å². The van der Waals surface area contributed by atoms with Gasteiger partial charge in [0.25, 0.3) is 0 Å². The van der Waals surface area contributed by atoms with Crippen LogP contribution in [0.15, 0.2) is 60.8 Å². The van der Waals surface area contributed by atoms with Crippen LogP contribution in [0.2, 0.25) is 0 Å². The number of carbonyl (C=O) groups excluding carboxylic acids is 1. The fourth-order valence-electron chi connectivity index (χ4n) is 5.26. The van der Waals surface area contributed by atoms with Gasteiger partial charge in [0.1, 0.15) is 0 Å². The Balaban J connectivity index is 1.16. The van der Waals surface area contributed by atoms with Gasteiger partial charge < -0.3 is 15.6 Å². The molecule has 0 spiro atoms. The molecule has 1 aromatic heterocycles. The molecule has 0 bridgehead atoms. The fourth-order valence-corrected chi connectivity index (χ4v) is 5.26. The first kappa shape index (κ1) is 21.8. The number of rotatable bonds is 7. The number of hydrogen-bond acceptors (Lipinski definition) is 2. The van der Waals surface area contributed by atoms with Crippen LogP contribution >= 0.6 is 0 Å². The standard InChI is InChI=1S/C28H34N4O/c33-28(29-15-6-4-10-21-8-2-1-3-9-21)31-23-12-13-27-25(19-23)26(20-30-27)22-14-17-32-16-7-5-11-24(32)18-22/h1-3,8-9,12-14,19-20,24,30H,4-7,10-11,15-18H2,(H2,29,31,33). The summed E-state index contributed by atoms with van der Waals surface area (Å²) >= 11 is 0. The van der Waals surface area contributed by atoms with E-state index in [-0.39, 0.29) is 6.03 Å². The van der Waals surface area contributed by atoms with E-state index in [1.165, 1.54) is 47.9 Å². The van der Waals surface area contributed by atoms with Crippen LogP contribution in [0.25, 0.3) is 16.5 Å². The number of hydrogen-bond donors (Lipinski definition) is 3. The van der Waals surface area contributed by atoms with Crippen molar-refractivity contribution in [2.45, 2.75) is 51.0 Å². The zero-order valence-electron chi connectivity index (χ0n) is 19.3. The van der Waals surface area contributed by atoms with E-state index in [0.29, 0.717) is 12.6 Å². The number of aromatic amines is 1. The SMILES string of the molecule is O=C(NCCCCc1ccccc1)Nc1ccc2[nH]cc(C3=CCN4CCCCC4C3)c2c1. The summed E-state index contributed by atoms with van der Waals surface area (Å²) in [4.78, 5) is 18.5. The van der Waals surface area contributed by atoms with Gasteiger partial charge >= 0.3 is 6.03 Å². The molecule has 1 atom stereocenters. The molecule has 2 aliphatic heterocycles. The molecule has 0 aliphatic carbocycles. The lowest BCUT2D eigenvalue weighted by atomic mass is 9.89. The van der Waals surface area contributed by atoms with Gasteiger partial charge in [0.2, 0.25) is 0 Å². The molecule has 2 amide bonds. The number of nitrogens with one attached hydrogen (secondary N) is 3. The molecule has 5 nitrogen and oxygen atoms in total. The quantitative estimate of drug-likeness (QED) is 0.396. The number of amides is 2. The summed E-state index contributed by atoms with van der Waals surface area (Å²) in [6.45, 7) is 2.97. The molecule has 2 aromatic carbocycles. The van der Waals surface area contributed by atoms with Crippen molar-refractivity contribution in [2.24, 2.45) is 0 Å². The van der Waals surface area contributed by atoms with Crippen LogP contribution < -0.4 is 10.6 Å². The summed E-state index contributed by atoms with van der Waals surface area (Å²) < 4.78 is 0. The third-order valence-corrected chi connectivity index (χ3v) is 7.08. The Bertz CT molecular complexity index is 1120. The molecule has 1 unspecified atom stereocenters. The molecular formula is C28H34N4O. The van der Waals surface area contributed by atoms with Crippen molar-refractivity contribution in [1.29, 1.82) is 0 Å². The van der Waals surface area contributed by atoms with E-state index in [4.69, 9.17) is 0 Å². The molecular weight excluding hydrogens is 408 g/mol. The van der Waals surface area contributed by atoms with Gasteiger partial charge in [-0.25, -0.2) is 4.79 Å². The first-order valence-corrected chi connectivity index (χ1v) is 12.4. The van der Waals surface area contributed by atoms with Crippen LogP contribution in [-0.4, -0.2) is 41.6 Å². The topological polar surface area (TPSA) is 60.2 Å². The van der Waals surface area contributed by atoms with Gasteiger partial charge in [-0.15, -0.1) is 0 Å². The monoisotopic (exact) mass is 442 g/mol. The molecule has 172 valence electrons. The predicted octanol–water partition coefficient (Wildman–Crippen LogP) is 5.95. The Morgan fingerprint density at radius 2 is 2.00 bits per heavy atom. The van der Waals surface area contributed by atoms with Crippen LogP contribution in [0.1, 0.15) is 49.7 Å². The van der Waals surface area contributed by atoms with E-state index in [1.54, 1.807) is 0 Å². The maximum atomic E-state index is 12.4. The van der Waals surface area contributed by atoms with Gasteiger partial charge in [-0.3, -0.25) is 4.90 Å². The summed E-state index contributed by atoms with van der Waals surface area (Å²) in [5.41, 5.74) is 6.01. The number of anilines is 1. The summed E-state index contributed by atoms with van der Waals surface area (Å²) in [6, 6.07) is 17.2. The summed E-state index contributed by atoms with van der Waals surface area (Å²) in [7, 11) is 0. The predicted molar refractivity (Wildman–Crippen MR) is 137 cm³/mol. The first-order valence-electron chi connectivity index (χ1n) is 12.4. The minimum Gasteiger partial charge on any atom is -0.361 e. The zero-order chi connectivity index (χ0) is 22.5. The van der Waals surface area contributed by atoms with Crippen LogP contribution in [0, 0.1) is 0 Å². The Hall–Kier alpha value is -3.05. The molecule has 0 radical (unpaired) electrons. The van der Waals surface area contributed by atoms with Crippen LogP contribution in [0.4, 0.5) is 10.5 Å². The summed E-state index contributed by atoms with van der Waals surface area (Å²) in [5, 5.41) is 7.20. The number of nitrogens with zero attached hydrogens (tertiary/aromatic N) is 1. The number of fused-ring (bicyclic) bond motifs is 2. The lowest BCUT2D eigenvalue weighted by molar-refractivity contribution is 0.161. The summed E-state index contributed by atoms with van der Waals surface area (Å²) in [5.74, 6) is 0. The summed E-state index contributed by atoms with van der Waals surface area (Å²) in [6.07, 6.45) is 12.7. The second kappa shape index (κ2) is 10.3. The molecule has 0 saturated carbocycles. The van der Waals surface area contributed by atoms with Crippen LogP contribution in [-0.2, 0) is 6.42 Å². The van der Waals surface area contributed by atoms with E-state index in [1.807, 2.05) is 12.1 Å². The molecule has 1 saturated heterocycles. The highest BCUT2D eigenvalue weighted by Gasteiger charge is 2.27. The number of piperidine rings is 1. The van der Waals surface area contributed by atoms with Crippen molar-refractivity contribution in [1.82, 2.24) is 15.2 Å². The van der Waals surface area contributed by atoms with E-state index in [9.17, 15) is 4.79 Å². The van der Waals surface area contributed by atoms with Crippen molar-refractivity contribution in [3.05, 3.63) is 71.9 Å². The van der Waals surface area contributed by atoms with Gasteiger partial charge in [-0.1, -0.05) is 42.8 Å². The number of carbonyl (C=O) groups is 1. The lowest BCUT2D eigenvalue weighted by Gasteiger charge is -2.38. The molecule has 1 fully saturated rings. The van der Waals surface area contributed by atoms with Gasteiger partial charge in [0, 0.05) is 47.5 Å². The first-order chi connectivity index (χ1) is 16.3. The molecule has 3 N–H and O–H groups in total. The molecule has 33 heavy (non-hydrogen) atoms. The Morgan fingerprint density at radius 1 is 1.09 bits per heavy atom. The fraction of sp³-hybridized carbons (Fsp3) is 0.393. The second-order valence-electron chi connectivity index (χ2n) is 9.36. The third kappa shape index (κ3) is 5.31. The molecule has 2 aliphatic rings. The van der Waals surface area contributed by atoms with Crippen molar-refractivity contribution in [3.63, 3.8) is 0 Å². The van der Waals surface area contributed by atoms with Crippen molar-refractivity contribution in [3.8, 4) is 0 Å². The normalized spacial score (nSPS) is 18.5. The Morgan fingerprint density at radius 3 is 2.91 bits per heavy atom. The average Bonchev–Trinajstić information content (AvgIpc) is 3.27. The second-order valence-corrected chi connectivity index (χ2v) is 9.36. The van der Waals surface area contributed by atoms with Crippen LogP contribution in [0.3, 0.4) is 0 Å². The number of benzene rings is 2. The van der Waals surface area contributed by atoms with Crippen molar-refractivity contribution in [2.75, 3.05) is 25.0 Å². The molecule has 3 aromatic rings. The van der Waals surface area contributed by atoms with Gasteiger partial charge in [-0.05, 0) is 74.4 Å². The molecule has 5 rings (SSSR count). The van der Waals surface area contributed by atoms with Crippen LogP contribution in [0.5, 0.6) is 0 Å². The number of H-pyrrole nitrogens is 1. The number of aryl methyl sites for hydroxylation is 1. The van der Waals surface area contributed by atoms with E-state index >= 15 is 0 Å². The largest absolute Gasteiger partial charge is 0.361 e. The zero-order valence-corrected chi connectivity index (χ0v) is 19.3. The Labute approximate surface area is 196 Å². The highest BCUT2D eigenvalue weighted by atomic mass is 16.2. The number of aromatic nitrogens is 1. The highest BCUT2D eigenvalue weighted by Crippen LogP contribution is 2.35.